The molecule has 0 aromatic carbocycles. The lowest BCUT2D eigenvalue weighted by Gasteiger charge is -2.26. The van der Waals surface area contributed by atoms with Crippen LogP contribution in [0.25, 0.3) is 0 Å². The van der Waals surface area contributed by atoms with Crippen molar-refractivity contribution in [2.24, 2.45) is 0 Å². The van der Waals surface area contributed by atoms with Gasteiger partial charge in [0.15, 0.2) is 0 Å². The topological polar surface area (TPSA) is 24.5 Å². The van der Waals surface area contributed by atoms with Crippen LogP contribution in [0.1, 0.15) is 0 Å². The summed E-state index contributed by atoms with van der Waals surface area (Å²) in [5.41, 5.74) is 0. The minimum absolute atomic E-state index is 0.675. The van der Waals surface area contributed by atoms with Gasteiger partial charge in [-0.2, -0.15) is 0 Å². The lowest BCUT2D eigenvalue weighted by molar-refractivity contribution is 0.0453. The monoisotopic (exact) mass is 194 g/mol. The molecule has 1 aliphatic rings. The highest BCUT2D eigenvalue weighted by Crippen LogP contribution is 1.96. The molecule has 3 nitrogen and oxygen atoms in total. The standard InChI is InChI=1S/C6H11ClN2OS/c7-8-6(11)5-9-1-3-10-4-2-9/h1-5H2,(H,8,11). The maximum Gasteiger partial charge on any atom is 0.104 e. The van der Waals surface area contributed by atoms with Crippen molar-refractivity contribution in [2.45, 2.75) is 0 Å². The normalized spacial score (nSPS) is 19.7. The number of ether oxygens (including phenoxy) is 1. The number of thiocarbonyl (C=S) groups is 1. The molecule has 0 bridgehead atoms. The molecule has 64 valence electrons. The summed E-state index contributed by atoms with van der Waals surface area (Å²) in [6.07, 6.45) is 0. The molecule has 0 spiro atoms. The Morgan fingerprint density at radius 2 is 2.18 bits per heavy atom. The van der Waals surface area contributed by atoms with Crippen LogP contribution >= 0.6 is 24.0 Å². The third kappa shape index (κ3) is 3.33. The molecular formula is C6H11ClN2OS. The molecule has 1 heterocycles. The van der Waals surface area contributed by atoms with E-state index in [-0.39, 0.29) is 0 Å². The van der Waals surface area contributed by atoms with Crippen molar-refractivity contribution in [2.75, 3.05) is 32.8 Å². The summed E-state index contributed by atoms with van der Waals surface area (Å²) in [5, 5.41) is 0. The number of hydrogen-bond acceptors (Lipinski definition) is 3. The molecule has 0 aromatic heterocycles. The zero-order chi connectivity index (χ0) is 8.10. The Morgan fingerprint density at radius 1 is 1.55 bits per heavy atom. The maximum atomic E-state index is 5.32. The van der Waals surface area contributed by atoms with Crippen molar-refractivity contribution < 1.29 is 4.74 Å². The van der Waals surface area contributed by atoms with Crippen LogP contribution in [0.3, 0.4) is 0 Å². The van der Waals surface area contributed by atoms with Crippen molar-refractivity contribution in [3.8, 4) is 0 Å². The molecule has 0 amide bonds. The number of nitrogens with one attached hydrogen (secondary N) is 1. The third-order valence-electron chi connectivity index (χ3n) is 1.58. The summed E-state index contributed by atoms with van der Waals surface area (Å²) in [4.78, 5) is 5.32. The molecule has 0 radical (unpaired) electrons. The molecule has 1 saturated heterocycles. The second-order valence-electron chi connectivity index (χ2n) is 2.41. The number of rotatable bonds is 2. The molecule has 11 heavy (non-hydrogen) atoms. The van der Waals surface area contributed by atoms with Gasteiger partial charge < -0.3 is 4.74 Å². The second-order valence-corrected chi connectivity index (χ2v) is 3.09. The number of halogens is 1. The first kappa shape index (κ1) is 9.19. The molecule has 0 unspecified atom stereocenters. The van der Waals surface area contributed by atoms with Crippen molar-refractivity contribution in [3.05, 3.63) is 0 Å². The summed E-state index contributed by atoms with van der Waals surface area (Å²) in [7, 11) is 0. The summed E-state index contributed by atoms with van der Waals surface area (Å²) in [5.74, 6) is 0. The van der Waals surface area contributed by atoms with E-state index in [0.717, 1.165) is 32.8 Å². The highest BCUT2D eigenvalue weighted by molar-refractivity contribution is 7.80. The molecule has 5 heteroatoms. The van der Waals surface area contributed by atoms with Crippen molar-refractivity contribution in [1.82, 2.24) is 9.74 Å². The number of hydrogen-bond donors (Lipinski definition) is 1. The average molecular weight is 195 g/mol. The van der Waals surface area contributed by atoms with Crippen LogP contribution in [0.2, 0.25) is 0 Å². The largest absolute Gasteiger partial charge is 0.379 e. The fourth-order valence-electron chi connectivity index (χ4n) is 0.992. The minimum Gasteiger partial charge on any atom is -0.379 e. The number of morpholine rings is 1. The van der Waals surface area contributed by atoms with E-state index in [0.29, 0.717) is 4.99 Å². The SMILES string of the molecule is S=C(CN1CCOCC1)NCl. The van der Waals surface area contributed by atoms with E-state index in [4.69, 9.17) is 28.7 Å². The Kier molecular flexibility index (Phi) is 4.07. The Morgan fingerprint density at radius 3 is 2.73 bits per heavy atom. The van der Waals surface area contributed by atoms with Crippen LogP contribution in [0.5, 0.6) is 0 Å². The van der Waals surface area contributed by atoms with E-state index >= 15 is 0 Å². The van der Waals surface area contributed by atoms with Gasteiger partial charge in [-0.3, -0.25) is 9.74 Å². The minimum atomic E-state index is 0.675. The van der Waals surface area contributed by atoms with E-state index in [1.165, 1.54) is 0 Å². The van der Waals surface area contributed by atoms with E-state index in [1.807, 2.05) is 0 Å². The fourth-order valence-corrected chi connectivity index (χ4v) is 1.23. The summed E-state index contributed by atoms with van der Waals surface area (Å²) in [6.45, 7) is 4.22. The molecule has 0 atom stereocenters. The van der Waals surface area contributed by atoms with Crippen LogP contribution in [0.4, 0.5) is 0 Å². The van der Waals surface area contributed by atoms with Gasteiger partial charge in [0, 0.05) is 24.9 Å². The predicted molar refractivity (Wildman–Crippen MR) is 48.8 cm³/mol. The average Bonchev–Trinajstić information content (AvgIpc) is 2.06. The molecule has 1 fully saturated rings. The zero-order valence-electron chi connectivity index (χ0n) is 6.18. The highest BCUT2D eigenvalue weighted by atomic mass is 35.5. The van der Waals surface area contributed by atoms with Gasteiger partial charge in [0.25, 0.3) is 0 Å². The molecule has 0 saturated carbocycles. The second kappa shape index (κ2) is 4.87. The van der Waals surface area contributed by atoms with Crippen molar-refractivity contribution in [3.63, 3.8) is 0 Å². The van der Waals surface area contributed by atoms with Crippen molar-refractivity contribution >= 4 is 29.0 Å². The van der Waals surface area contributed by atoms with Gasteiger partial charge >= 0.3 is 0 Å². The van der Waals surface area contributed by atoms with Gasteiger partial charge in [-0.1, -0.05) is 12.2 Å². The summed E-state index contributed by atoms with van der Waals surface area (Å²) < 4.78 is 5.18. The van der Waals surface area contributed by atoms with Crippen LogP contribution in [-0.2, 0) is 4.74 Å². The first-order valence-corrected chi connectivity index (χ1v) is 4.31. The quantitative estimate of drug-likeness (QED) is 0.508. The smallest absolute Gasteiger partial charge is 0.104 e. The van der Waals surface area contributed by atoms with Gasteiger partial charge in [-0.05, 0) is 0 Å². The lowest BCUT2D eigenvalue weighted by atomic mass is 10.4. The van der Waals surface area contributed by atoms with Gasteiger partial charge in [0.1, 0.15) is 4.99 Å². The molecule has 1 N–H and O–H groups in total. The first-order valence-electron chi connectivity index (χ1n) is 3.52. The lowest BCUT2D eigenvalue weighted by Crippen LogP contribution is -2.40. The van der Waals surface area contributed by atoms with Crippen LogP contribution in [0, 0.1) is 0 Å². The van der Waals surface area contributed by atoms with E-state index in [1.54, 1.807) is 0 Å². The van der Waals surface area contributed by atoms with Crippen LogP contribution < -0.4 is 4.84 Å². The molecule has 0 aliphatic carbocycles. The van der Waals surface area contributed by atoms with E-state index < -0.39 is 0 Å². The van der Waals surface area contributed by atoms with Gasteiger partial charge in [-0.15, -0.1) is 0 Å². The van der Waals surface area contributed by atoms with Gasteiger partial charge in [-0.25, -0.2) is 0 Å². The Bertz CT molecular complexity index is 139. The Balaban J connectivity index is 2.19. The van der Waals surface area contributed by atoms with Crippen molar-refractivity contribution in [1.29, 1.82) is 0 Å². The fraction of sp³-hybridized carbons (Fsp3) is 0.833. The zero-order valence-corrected chi connectivity index (χ0v) is 7.75. The number of nitrogens with zero attached hydrogens (tertiary/aromatic N) is 1. The molecular weight excluding hydrogens is 184 g/mol. The summed E-state index contributed by atoms with van der Waals surface area (Å²) >= 11 is 10.2. The van der Waals surface area contributed by atoms with Crippen LogP contribution in [-0.4, -0.2) is 42.7 Å². The van der Waals surface area contributed by atoms with E-state index in [9.17, 15) is 0 Å². The predicted octanol–water partition coefficient (Wildman–Crippen LogP) is 0.389. The molecule has 1 rings (SSSR count). The van der Waals surface area contributed by atoms with Gasteiger partial charge in [0.2, 0.25) is 0 Å². The molecule has 0 aromatic rings. The summed E-state index contributed by atoms with van der Waals surface area (Å²) in [6, 6.07) is 0. The highest BCUT2D eigenvalue weighted by Gasteiger charge is 2.10. The third-order valence-corrected chi connectivity index (χ3v) is 2.15. The Labute approximate surface area is 76.8 Å². The first-order chi connectivity index (χ1) is 5.33. The Hall–Kier alpha value is 0.100. The maximum absolute atomic E-state index is 5.32. The molecule has 1 aliphatic heterocycles. The van der Waals surface area contributed by atoms with E-state index in [2.05, 4.69) is 9.74 Å². The van der Waals surface area contributed by atoms with Crippen LogP contribution in [0.15, 0.2) is 0 Å². The van der Waals surface area contributed by atoms with Gasteiger partial charge in [0.05, 0.1) is 19.8 Å².